The fourth-order valence-corrected chi connectivity index (χ4v) is 2.37. The van der Waals surface area contributed by atoms with Crippen LogP contribution < -0.4 is 5.32 Å². The molecule has 0 unspecified atom stereocenters. The number of carbonyl (C=O) groups is 1. The maximum Gasteiger partial charge on any atom is 0.317 e. The van der Waals surface area contributed by atoms with Crippen molar-refractivity contribution in [3.63, 3.8) is 0 Å². The zero-order valence-electron chi connectivity index (χ0n) is 11.5. The van der Waals surface area contributed by atoms with Gasteiger partial charge in [-0.15, -0.1) is 0 Å². The molecule has 4 nitrogen and oxygen atoms in total. The van der Waals surface area contributed by atoms with E-state index in [4.69, 9.17) is 4.74 Å². The van der Waals surface area contributed by atoms with Gasteiger partial charge in [-0.2, -0.15) is 0 Å². The molecule has 3 atom stereocenters. The van der Waals surface area contributed by atoms with E-state index in [0.717, 1.165) is 31.7 Å². The van der Waals surface area contributed by atoms with Crippen LogP contribution in [0.25, 0.3) is 0 Å². The molecule has 1 aliphatic heterocycles. The molecule has 1 aliphatic rings. The molecule has 4 heteroatoms. The minimum atomic E-state index is 0.0769. The Bertz CT molecular complexity index is 246. The van der Waals surface area contributed by atoms with E-state index >= 15 is 0 Å². The zero-order valence-corrected chi connectivity index (χ0v) is 11.5. The highest BCUT2D eigenvalue weighted by molar-refractivity contribution is 5.74. The number of rotatable bonds is 4. The molecule has 100 valence electrons. The number of hydrogen-bond acceptors (Lipinski definition) is 2. The number of ether oxygens (including phenoxy) is 1. The van der Waals surface area contributed by atoms with Crippen molar-refractivity contribution in [1.82, 2.24) is 10.2 Å². The van der Waals surface area contributed by atoms with E-state index in [-0.39, 0.29) is 12.1 Å². The van der Waals surface area contributed by atoms with Crippen molar-refractivity contribution in [2.45, 2.75) is 52.1 Å². The summed E-state index contributed by atoms with van der Waals surface area (Å²) in [5.74, 6) is 0.736. The predicted octanol–water partition coefficient (Wildman–Crippen LogP) is 2.24. The molecule has 0 radical (unpaired) electrons. The highest BCUT2D eigenvalue weighted by Crippen LogP contribution is 2.21. The van der Waals surface area contributed by atoms with E-state index in [9.17, 15) is 4.79 Å². The van der Waals surface area contributed by atoms with E-state index in [1.807, 2.05) is 11.8 Å². The number of hydrogen-bond donors (Lipinski definition) is 1. The van der Waals surface area contributed by atoms with Crippen LogP contribution in [0.4, 0.5) is 4.79 Å². The average molecular weight is 242 g/mol. The lowest BCUT2D eigenvalue weighted by Crippen LogP contribution is -2.51. The van der Waals surface area contributed by atoms with Crippen LogP contribution in [-0.4, -0.2) is 43.3 Å². The van der Waals surface area contributed by atoms with E-state index in [1.165, 1.54) is 0 Å². The van der Waals surface area contributed by atoms with Gasteiger partial charge in [0.2, 0.25) is 0 Å². The highest BCUT2D eigenvalue weighted by Gasteiger charge is 2.27. The number of amides is 2. The van der Waals surface area contributed by atoms with Gasteiger partial charge in [-0.1, -0.05) is 6.92 Å². The summed E-state index contributed by atoms with van der Waals surface area (Å²) in [4.78, 5) is 14.0. The predicted molar refractivity (Wildman–Crippen MR) is 69.1 cm³/mol. The van der Waals surface area contributed by atoms with E-state index in [2.05, 4.69) is 19.2 Å². The summed E-state index contributed by atoms with van der Waals surface area (Å²) in [7, 11) is 1.68. The fourth-order valence-electron chi connectivity index (χ4n) is 2.37. The van der Waals surface area contributed by atoms with Crippen LogP contribution in [0.3, 0.4) is 0 Å². The quantitative estimate of drug-likeness (QED) is 0.821. The Labute approximate surface area is 105 Å². The van der Waals surface area contributed by atoms with Crippen LogP contribution in [0.1, 0.15) is 40.0 Å². The van der Waals surface area contributed by atoms with Crippen molar-refractivity contribution < 1.29 is 9.53 Å². The second kappa shape index (κ2) is 6.84. The number of piperidine rings is 1. The van der Waals surface area contributed by atoms with Crippen molar-refractivity contribution in [3.8, 4) is 0 Å². The molecule has 17 heavy (non-hydrogen) atoms. The van der Waals surface area contributed by atoms with Crippen LogP contribution in [0.2, 0.25) is 0 Å². The lowest BCUT2D eigenvalue weighted by atomic mass is 9.94. The third kappa shape index (κ3) is 4.54. The molecule has 0 aromatic rings. The number of likely N-dealkylation sites (tertiary alicyclic amines) is 1. The molecular weight excluding hydrogens is 216 g/mol. The van der Waals surface area contributed by atoms with Gasteiger partial charge in [0.05, 0.1) is 0 Å². The van der Waals surface area contributed by atoms with Crippen LogP contribution in [0.5, 0.6) is 0 Å². The van der Waals surface area contributed by atoms with Gasteiger partial charge in [0.25, 0.3) is 0 Å². The Morgan fingerprint density at radius 2 is 2.24 bits per heavy atom. The maximum absolute atomic E-state index is 12.1. The van der Waals surface area contributed by atoms with E-state index in [0.29, 0.717) is 12.6 Å². The molecule has 0 aromatic heterocycles. The lowest BCUT2D eigenvalue weighted by Gasteiger charge is -2.37. The van der Waals surface area contributed by atoms with Crippen LogP contribution >= 0.6 is 0 Å². The first-order valence-electron chi connectivity index (χ1n) is 6.60. The minimum absolute atomic E-state index is 0.0769. The highest BCUT2D eigenvalue weighted by atomic mass is 16.5. The first kappa shape index (κ1) is 14.3. The molecule has 0 saturated carbocycles. The first-order chi connectivity index (χ1) is 8.04. The third-order valence-corrected chi connectivity index (χ3v) is 3.52. The summed E-state index contributed by atoms with van der Waals surface area (Å²) >= 11 is 0. The smallest absolute Gasteiger partial charge is 0.317 e. The standard InChI is InChI=1S/C13H26N2O2/c1-10-5-7-15(12(3)9-10)13(16)14-11(2)6-8-17-4/h10-12H,5-9H2,1-4H3,(H,14,16)/t10-,11+,12-/m1/s1. The van der Waals surface area contributed by atoms with Crippen molar-refractivity contribution in [3.05, 3.63) is 0 Å². The lowest BCUT2D eigenvalue weighted by molar-refractivity contribution is 0.134. The molecule has 1 rings (SSSR count). The first-order valence-corrected chi connectivity index (χ1v) is 6.60. The monoisotopic (exact) mass is 242 g/mol. The second-order valence-corrected chi connectivity index (χ2v) is 5.30. The van der Waals surface area contributed by atoms with Crippen LogP contribution in [-0.2, 0) is 4.74 Å². The van der Waals surface area contributed by atoms with Crippen LogP contribution in [0.15, 0.2) is 0 Å². The minimum Gasteiger partial charge on any atom is -0.385 e. The summed E-state index contributed by atoms with van der Waals surface area (Å²) in [6, 6.07) is 0.607. The fraction of sp³-hybridized carbons (Fsp3) is 0.923. The summed E-state index contributed by atoms with van der Waals surface area (Å²) in [5.41, 5.74) is 0. The number of urea groups is 1. The molecule has 2 amide bonds. The zero-order chi connectivity index (χ0) is 12.8. The topological polar surface area (TPSA) is 41.6 Å². The number of carbonyl (C=O) groups excluding carboxylic acids is 1. The number of nitrogens with one attached hydrogen (secondary N) is 1. The van der Waals surface area contributed by atoms with Crippen molar-refractivity contribution in [2.24, 2.45) is 5.92 Å². The van der Waals surface area contributed by atoms with Crippen molar-refractivity contribution in [2.75, 3.05) is 20.3 Å². The Morgan fingerprint density at radius 1 is 1.53 bits per heavy atom. The summed E-state index contributed by atoms with van der Waals surface area (Å²) in [5, 5.41) is 3.04. The van der Waals surface area contributed by atoms with E-state index < -0.39 is 0 Å². The molecule has 0 aromatic carbocycles. The average Bonchev–Trinajstić information content (AvgIpc) is 2.26. The van der Waals surface area contributed by atoms with Crippen LogP contribution in [0, 0.1) is 5.92 Å². The van der Waals surface area contributed by atoms with Gasteiger partial charge in [-0.3, -0.25) is 0 Å². The van der Waals surface area contributed by atoms with Gasteiger partial charge in [0, 0.05) is 32.3 Å². The van der Waals surface area contributed by atoms with Crippen molar-refractivity contribution >= 4 is 6.03 Å². The van der Waals surface area contributed by atoms with Gasteiger partial charge in [0.15, 0.2) is 0 Å². The molecular formula is C13H26N2O2. The molecule has 1 heterocycles. The van der Waals surface area contributed by atoms with Gasteiger partial charge >= 0.3 is 6.03 Å². The summed E-state index contributed by atoms with van der Waals surface area (Å²) in [6.07, 6.45) is 3.09. The Balaban J connectivity index is 2.36. The molecule has 1 fully saturated rings. The van der Waals surface area contributed by atoms with Gasteiger partial charge < -0.3 is 15.0 Å². The van der Waals surface area contributed by atoms with Gasteiger partial charge in [-0.05, 0) is 39.0 Å². The number of methoxy groups -OCH3 is 1. The molecule has 1 N–H and O–H groups in total. The van der Waals surface area contributed by atoms with Gasteiger partial charge in [-0.25, -0.2) is 4.79 Å². The second-order valence-electron chi connectivity index (χ2n) is 5.30. The molecule has 1 saturated heterocycles. The normalized spacial score (nSPS) is 26.7. The SMILES string of the molecule is COCC[C@H](C)NC(=O)N1CC[C@@H](C)C[C@H]1C. The Hall–Kier alpha value is -0.770. The third-order valence-electron chi connectivity index (χ3n) is 3.52. The Morgan fingerprint density at radius 3 is 2.82 bits per heavy atom. The largest absolute Gasteiger partial charge is 0.385 e. The molecule has 0 aliphatic carbocycles. The van der Waals surface area contributed by atoms with Crippen molar-refractivity contribution in [1.29, 1.82) is 0 Å². The molecule has 0 spiro atoms. The number of nitrogens with zero attached hydrogens (tertiary/aromatic N) is 1. The summed E-state index contributed by atoms with van der Waals surface area (Å²) in [6.45, 7) is 7.98. The maximum atomic E-state index is 12.1. The molecule has 0 bridgehead atoms. The summed E-state index contributed by atoms with van der Waals surface area (Å²) < 4.78 is 5.01. The van der Waals surface area contributed by atoms with Gasteiger partial charge in [0.1, 0.15) is 0 Å². The Kier molecular flexibility index (Phi) is 5.75. The van der Waals surface area contributed by atoms with E-state index in [1.54, 1.807) is 7.11 Å².